The van der Waals surface area contributed by atoms with Crippen molar-refractivity contribution >= 4 is 21.6 Å². The number of hydrogen-bond acceptors (Lipinski definition) is 4. The van der Waals surface area contributed by atoms with Crippen molar-refractivity contribution in [2.45, 2.75) is 53.9 Å². The SMILES string of the molecule is CC(C)(C(F)(F)F)C(F)(F)F.CC(C)(C)C.COC.CS(C)(=O)=O.CSC. The zero-order chi connectivity index (χ0) is 23.9. The zero-order valence-corrected chi connectivity index (χ0v) is 19.9. The van der Waals surface area contributed by atoms with Crippen LogP contribution < -0.4 is 0 Å². The molecule has 172 valence electrons. The monoisotopic (exact) mass is 454 g/mol. The molecule has 0 amide bonds. The average Bonchev–Trinajstić information content (AvgIpc) is 2.22. The summed E-state index contributed by atoms with van der Waals surface area (Å²) in [6.45, 7) is 8.96. The van der Waals surface area contributed by atoms with Crippen molar-refractivity contribution in [3.63, 3.8) is 0 Å². The number of methoxy groups -OCH3 is 1. The van der Waals surface area contributed by atoms with Gasteiger partial charge in [0.15, 0.2) is 5.41 Å². The highest BCUT2D eigenvalue weighted by Crippen LogP contribution is 2.49. The summed E-state index contributed by atoms with van der Waals surface area (Å²) in [5.41, 5.74) is -3.12. The van der Waals surface area contributed by atoms with Crippen molar-refractivity contribution in [3.8, 4) is 0 Å². The van der Waals surface area contributed by atoms with Crippen LogP contribution in [0.15, 0.2) is 0 Å². The van der Waals surface area contributed by atoms with Gasteiger partial charge in [0.2, 0.25) is 0 Å². The van der Waals surface area contributed by atoms with Gasteiger partial charge in [-0.15, -0.1) is 0 Å². The van der Waals surface area contributed by atoms with Crippen LogP contribution in [0.4, 0.5) is 26.3 Å². The molecule has 0 aliphatic rings. The van der Waals surface area contributed by atoms with Gasteiger partial charge in [-0.25, -0.2) is 8.42 Å². The van der Waals surface area contributed by atoms with Crippen LogP contribution in [0.3, 0.4) is 0 Å². The molecule has 0 atom stereocenters. The molecule has 0 unspecified atom stereocenters. The summed E-state index contributed by atoms with van der Waals surface area (Å²) in [6, 6.07) is 0. The second-order valence-corrected chi connectivity index (χ2v) is 10.7. The molecule has 0 N–H and O–H groups in total. The molecular weight excluding hydrogens is 418 g/mol. The molecule has 11 heteroatoms. The van der Waals surface area contributed by atoms with Crippen molar-refractivity contribution in [1.29, 1.82) is 0 Å². The number of sulfone groups is 1. The highest BCUT2D eigenvalue weighted by atomic mass is 32.2. The third-order valence-electron chi connectivity index (χ3n) is 1.42. The molecule has 0 radical (unpaired) electrons. The summed E-state index contributed by atoms with van der Waals surface area (Å²) in [5.74, 6) is 0. The van der Waals surface area contributed by atoms with Crippen LogP contribution in [0.25, 0.3) is 0 Å². The summed E-state index contributed by atoms with van der Waals surface area (Å²) in [4.78, 5) is 0. The number of hydrogen-bond donors (Lipinski definition) is 0. The Morgan fingerprint density at radius 2 is 0.778 bits per heavy atom. The average molecular weight is 455 g/mol. The molecule has 0 rings (SSSR count). The van der Waals surface area contributed by atoms with Crippen LogP contribution in [0.1, 0.15) is 41.5 Å². The summed E-state index contributed by atoms with van der Waals surface area (Å²) in [5, 5.41) is 0. The van der Waals surface area contributed by atoms with Crippen LogP contribution in [-0.2, 0) is 14.6 Å². The first-order valence-electron chi connectivity index (χ1n) is 7.42. The second-order valence-electron chi connectivity index (χ2n) is 7.58. The number of alkyl halides is 6. The van der Waals surface area contributed by atoms with Crippen LogP contribution in [-0.4, -0.2) is 60.0 Å². The van der Waals surface area contributed by atoms with Crippen LogP contribution in [0.5, 0.6) is 0 Å². The summed E-state index contributed by atoms with van der Waals surface area (Å²) in [6.07, 6.45) is -4.09. The van der Waals surface area contributed by atoms with Gasteiger partial charge in [-0.1, -0.05) is 27.7 Å². The molecule has 3 nitrogen and oxygen atoms in total. The fourth-order valence-electron chi connectivity index (χ4n) is 0.161. The van der Waals surface area contributed by atoms with Crippen molar-refractivity contribution in [3.05, 3.63) is 0 Å². The van der Waals surface area contributed by atoms with Gasteiger partial charge in [0.05, 0.1) is 0 Å². The highest BCUT2D eigenvalue weighted by Gasteiger charge is 2.64. The number of ether oxygens (including phenoxy) is 1. The van der Waals surface area contributed by atoms with E-state index in [1.807, 2.05) is 12.5 Å². The van der Waals surface area contributed by atoms with E-state index < -0.39 is 27.6 Å². The van der Waals surface area contributed by atoms with Crippen molar-refractivity contribution < 1.29 is 39.5 Å². The normalized spacial score (nSPS) is 11.9. The van der Waals surface area contributed by atoms with Gasteiger partial charge in [0.25, 0.3) is 0 Å². The van der Waals surface area contributed by atoms with E-state index >= 15 is 0 Å². The molecule has 0 heterocycles. The van der Waals surface area contributed by atoms with Crippen LogP contribution in [0.2, 0.25) is 0 Å². The van der Waals surface area contributed by atoms with E-state index in [2.05, 4.69) is 32.4 Å². The summed E-state index contributed by atoms with van der Waals surface area (Å²) in [7, 11) is 0.583. The van der Waals surface area contributed by atoms with Crippen molar-refractivity contribution in [2.75, 3.05) is 39.2 Å². The maximum atomic E-state index is 11.6. The van der Waals surface area contributed by atoms with Gasteiger partial charge >= 0.3 is 12.4 Å². The Hall–Kier alpha value is -0.160. The molecule has 0 bridgehead atoms. The largest absolute Gasteiger partial charge is 0.402 e. The first-order valence-corrected chi connectivity index (χ1v) is 11.3. The minimum Gasteiger partial charge on any atom is -0.388 e. The molecule has 0 aromatic rings. The standard InChI is InChI=1S/C5H6F6.C5H12.C2H6O2S.C2H6O.C2H6S/c1-3(2,4(6,7)8)5(9,10)11;2*1-5(2,3)4;2*1-3-2/h1-2H3;1-4H3;1-2H3;2*1-2H3. The quantitative estimate of drug-likeness (QED) is 0.415. The Balaban J connectivity index is -0.0000000847. The van der Waals surface area contributed by atoms with E-state index in [1.54, 1.807) is 26.0 Å². The molecule has 0 saturated carbocycles. The van der Waals surface area contributed by atoms with E-state index in [0.29, 0.717) is 5.41 Å². The van der Waals surface area contributed by atoms with E-state index in [9.17, 15) is 34.8 Å². The van der Waals surface area contributed by atoms with Gasteiger partial charge in [-0.05, 0) is 31.8 Å². The fraction of sp³-hybridized carbons (Fsp3) is 1.00. The van der Waals surface area contributed by atoms with Gasteiger partial charge in [0, 0.05) is 26.7 Å². The van der Waals surface area contributed by atoms with Crippen LogP contribution >= 0.6 is 11.8 Å². The Bertz CT molecular complexity index is 391. The lowest BCUT2D eigenvalue weighted by molar-refractivity contribution is -0.327. The minimum absolute atomic E-state index is 0.104. The van der Waals surface area contributed by atoms with E-state index in [4.69, 9.17) is 0 Å². The molecule has 0 aliphatic heterocycles. The first kappa shape index (κ1) is 37.6. The summed E-state index contributed by atoms with van der Waals surface area (Å²) >= 11 is 1.75. The van der Waals surface area contributed by atoms with Crippen molar-refractivity contribution in [2.24, 2.45) is 10.8 Å². The number of halogens is 6. The summed E-state index contributed by atoms with van der Waals surface area (Å²) < 4.78 is 93.2. The van der Waals surface area contributed by atoms with Crippen molar-refractivity contribution in [1.82, 2.24) is 0 Å². The molecule has 0 fully saturated rings. The Kier molecular flexibility index (Phi) is 21.9. The van der Waals surface area contributed by atoms with Gasteiger partial charge < -0.3 is 4.74 Å². The third kappa shape index (κ3) is 46.1. The number of thioether (sulfide) groups is 1. The van der Waals surface area contributed by atoms with Gasteiger partial charge in [-0.2, -0.15) is 38.1 Å². The predicted octanol–water partition coefficient (Wildman–Crippen LogP) is 6.09. The van der Waals surface area contributed by atoms with E-state index in [1.165, 1.54) is 0 Å². The Labute approximate surface area is 165 Å². The molecule has 0 aliphatic carbocycles. The zero-order valence-electron chi connectivity index (χ0n) is 18.3. The van der Waals surface area contributed by atoms with Gasteiger partial charge in [0.1, 0.15) is 9.84 Å². The Morgan fingerprint density at radius 3 is 0.778 bits per heavy atom. The first-order chi connectivity index (χ1) is 11.3. The molecule has 0 spiro atoms. The lowest BCUT2D eigenvalue weighted by atomic mass is 9.92. The van der Waals surface area contributed by atoms with Gasteiger partial charge in [-0.3, -0.25) is 0 Å². The van der Waals surface area contributed by atoms with E-state index in [-0.39, 0.29) is 13.8 Å². The highest BCUT2D eigenvalue weighted by molar-refractivity contribution is 7.97. The maximum absolute atomic E-state index is 11.6. The third-order valence-corrected chi connectivity index (χ3v) is 1.42. The second kappa shape index (κ2) is 15.7. The minimum atomic E-state index is -5.24. The van der Waals surface area contributed by atoms with Crippen LogP contribution in [0, 0.1) is 10.8 Å². The topological polar surface area (TPSA) is 43.4 Å². The maximum Gasteiger partial charge on any atom is 0.402 e. The fourth-order valence-corrected chi connectivity index (χ4v) is 0.161. The molecule has 27 heavy (non-hydrogen) atoms. The molecule has 0 aromatic carbocycles. The molecule has 0 aromatic heterocycles. The lowest BCUT2D eigenvalue weighted by Gasteiger charge is -2.29. The lowest BCUT2D eigenvalue weighted by Crippen LogP contribution is -2.44. The smallest absolute Gasteiger partial charge is 0.388 e. The Morgan fingerprint density at radius 1 is 0.704 bits per heavy atom. The van der Waals surface area contributed by atoms with E-state index in [0.717, 1.165) is 12.5 Å². The number of rotatable bonds is 0. The molecular formula is C16H36F6O3S2. The predicted molar refractivity (Wildman–Crippen MR) is 104 cm³/mol. The molecule has 0 saturated heterocycles.